The highest BCUT2D eigenvalue weighted by molar-refractivity contribution is 8.76. The zero-order chi connectivity index (χ0) is 49.6. The fourth-order valence-electron chi connectivity index (χ4n) is 9.41. The Morgan fingerprint density at radius 3 is 1.49 bits per heavy atom. The minimum Gasteiger partial charge on any atom is -0.332 e. The van der Waals surface area contributed by atoms with Crippen LogP contribution in [0.4, 0.5) is 21.0 Å². The third-order valence-corrected chi connectivity index (χ3v) is 20.6. The van der Waals surface area contributed by atoms with E-state index in [1.54, 1.807) is 22.7 Å². The highest BCUT2D eigenvalue weighted by Gasteiger charge is 2.43. The topological polar surface area (TPSA) is 228 Å². The number of fused-ring (bicyclic) bond motifs is 6. The monoisotopic (exact) mass is 1080 g/mol. The van der Waals surface area contributed by atoms with Crippen LogP contribution in [-0.4, -0.2) is 93.4 Å². The summed E-state index contributed by atoms with van der Waals surface area (Å²) in [6.45, 7) is 0. The Bertz CT molecular complexity index is 2930. The molecule has 0 aromatic heterocycles. The first kappa shape index (κ1) is 50.3. The maximum atomic E-state index is 12.9. The Labute approximate surface area is 439 Å². The number of urea groups is 2. The number of benzene rings is 4. The fraction of sp³-hybridized carbons (Fsp3) is 0.400. The SMILES string of the molecule is O=C(CCSSCCC(=O)N=c1ccc2[nH+]c3ccc(NC(=O)CCCC[C@@H]4SC[C@@H]5NC(=O)N[C@@H]54)cc3sc-2c1)N=c1ccc2[nH+]c3ccc(NC(=O)CCCC[C@@H]4SC[C@@H]5NC(=O)N[C@@H]54)cc3sc-2c1. The number of hydrogen-bond acceptors (Lipinski definition) is 12. The minimum absolute atomic E-state index is 0.0268. The molecule has 22 heteroatoms. The second kappa shape index (κ2) is 23.3. The van der Waals surface area contributed by atoms with Gasteiger partial charge in [-0.1, -0.05) is 34.4 Å². The van der Waals surface area contributed by atoms with Crippen LogP contribution in [0.25, 0.3) is 41.6 Å². The number of rotatable bonds is 19. The van der Waals surface area contributed by atoms with E-state index in [1.807, 2.05) is 96.3 Å². The van der Waals surface area contributed by atoms with Crippen molar-refractivity contribution in [3.8, 4) is 21.1 Å². The molecule has 6 atom stereocenters. The molecule has 16 nitrogen and oxygen atoms in total. The highest BCUT2D eigenvalue weighted by Crippen LogP contribution is 2.35. The van der Waals surface area contributed by atoms with Gasteiger partial charge in [-0.25, -0.2) is 29.5 Å². The Hall–Kier alpha value is -5.26. The first-order valence-corrected chi connectivity index (χ1v) is 30.4. The summed E-state index contributed by atoms with van der Waals surface area (Å²) in [5.74, 6) is 2.49. The van der Waals surface area contributed by atoms with E-state index in [0.29, 0.717) is 45.6 Å². The molecular weight excluding hydrogens is 1030 g/mol. The maximum absolute atomic E-state index is 12.9. The van der Waals surface area contributed by atoms with Gasteiger partial charge in [0.25, 0.3) is 0 Å². The van der Waals surface area contributed by atoms with Crippen LogP contribution in [0, 0.1) is 0 Å². The van der Waals surface area contributed by atoms with Crippen molar-refractivity contribution in [1.82, 2.24) is 21.3 Å². The van der Waals surface area contributed by atoms with Gasteiger partial charge in [0.15, 0.2) is 0 Å². The van der Waals surface area contributed by atoms with Crippen molar-refractivity contribution in [2.24, 2.45) is 9.98 Å². The van der Waals surface area contributed by atoms with Crippen LogP contribution in [0.3, 0.4) is 0 Å². The van der Waals surface area contributed by atoms with Gasteiger partial charge >= 0.3 is 12.1 Å². The molecule has 0 unspecified atom stereocenters. The van der Waals surface area contributed by atoms with Crippen LogP contribution < -0.4 is 52.6 Å². The molecule has 6 heterocycles. The lowest BCUT2D eigenvalue weighted by atomic mass is 10.0. The molecular formula is C50H54N10O6S6+2. The first-order chi connectivity index (χ1) is 35.0. The van der Waals surface area contributed by atoms with Crippen LogP contribution >= 0.6 is 67.8 Å². The number of hydrogen-bond donors (Lipinski definition) is 6. The lowest BCUT2D eigenvalue weighted by Crippen LogP contribution is -2.36. The molecule has 2 aromatic rings. The second-order valence-corrected chi connectivity index (χ2v) is 25.6. The number of nitrogens with one attached hydrogen (secondary N) is 8. The van der Waals surface area contributed by atoms with Gasteiger partial charge in [0.2, 0.25) is 46.0 Å². The second-order valence-electron chi connectivity index (χ2n) is 18.2. The van der Waals surface area contributed by atoms with Gasteiger partial charge < -0.3 is 31.9 Å². The molecule has 72 heavy (non-hydrogen) atoms. The molecule has 0 bridgehead atoms. The summed E-state index contributed by atoms with van der Waals surface area (Å²) in [6, 6.07) is 23.5. The summed E-state index contributed by atoms with van der Waals surface area (Å²) >= 11 is 6.90. The van der Waals surface area contributed by atoms with Gasteiger partial charge in [-0.3, -0.25) is 19.2 Å². The van der Waals surface area contributed by atoms with Crippen molar-refractivity contribution < 1.29 is 38.7 Å². The van der Waals surface area contributed by atoms with Gasteiger partial charge in [0.1, 0.15) is 19.2 Å². The van der Waals surface area contributed by atoms with Gasteiger partial charge in [-0.15, -0.1) is 22.7 Å². The van der Waals surface area contributed by atoms with E-state index in [-0.39, 0.29) is 72.7 Å². The molecule has 0 spiro atoms. The molecule has 0 radical (unpaired) electrons. The normalized spacial score (nSPS) is 21.7. The van der Waals surface area contributed by atoms with Gasteiger partial charge in [0.05, 0.1) is 34.9 Å². The quantitative estimate of drug-likeness (QED) is 0.0211. The Kier molecular flexibility index (Phi) is 16.3. The third-order valence-electron chi connectivity index (χ3n) is 13.0. The molecule has 4 fully saturated rings. The van der Waals surface area contributed by atoms with Crippen molar-refractivity contribution in [2.45, 2.75) is 98.9 Å². The average molecular weight is 1080 g/mol. The van der Waals surface area contributed by atoms with Crippen molar-refractivity contribution in [3.63, 3.8) is 0 Å². The number of carbonyl (C=O) groups excluding carboxylic acids is 6. The molecule has 2 aromatic carbocycles. The van der Waals surface area contributed by atoms with Gasteiger partial charge in [0, 0.05) is 94.8 Å². The minimum atomic E-state index is -0.218. The Morgan fingerprint density at radius 1 is 0.569 bits per heavy atom. The predicted octanol–water partition coefficient (Wildman–Crippen LogP) is 7.00. The van der Waals surface area contributed by atoms with E-state index < -0.39 is 0 Å². The van der Waals surface area contributed by atoms with Crippen LogP contribution in [0.5, 0.6) is 0 Å². The van der Waals surface area contributed by atoms with E-state index in [4.69, 9.17) is 0 Å². The summed E-state index contributed by atoms with van der Waals surface area (Å²) in [7, 11) is 3.07. The number of nitrogens with zero attached hydrogens (tertiary/aromatic N) is 2. The number of thioether (sulfide) groups is 2. The number of H-pyrrole nitrogens is 2. The molecule has 6 aliphatic heterocycles. The molecule has 4 saturated heterocycles. The zero-order valence-electron chi connectivity index (χ0n) is 39.1. The van der Waals surface area contributed by atoms with Crippen molar-refractivity contribution in [2.75, 3.05) is 33.6 Å². The predicted molar refractivity (Wildman–Crippen MR) is 290 cm³/mol. The molecule has 8 aliphatic rings. The van der Waals surface area contributed by atoms with E-state index >= 15 is 0 Å². The van der Waals surface area contributed by atoms with Gasteiger partial charge in [-0.05, 0) is 74.2 Å². The van der Waals surface area contributed by atoms with E-state index in [2.05, 4.69) is 51.9 Å². The number of unbranched alkanes of at least 4 members (excludes halogenated alkanes) is 2. The zero-order valence-corrected chi connectivity index (χ0v) is 44.0. The fourth-order valence-corrected chi connectivity index (χ4v) is 16.6. The standard InChI is InChI=1S/C50H52N10O6S6/c61-43(7-3-1-5-37-47-35(25-67-37)57-49(65)59-47)51-27-9-13-31-39(21-27)71-41-23-29(11-15-33(41)55-31)53-45(63)17-19-69-70-20-18-46(64)54-30-12-16-34-42(24-30)72-40-22-28(10-14-32(40)56-34)52-44(62)8-4-2-6-38-48-36(26-68-38)58-50(66)60-48/h9-16,21-24,35-38,47-48H,1-8,17-20,25-26H2,(H,51,61)(H,52,62)(H2,57,59,65)(H2,58,60,66)/p+2/t35-,36-,37-,38-,47-,48-/m0/s1. The van der Waals surface area contributed by atoms with Crippen molar-refractivity contribution in [1.29, 1.82) is 0 Å². The summed E-state index contributed by atoms with van der Waals surface area (Å²) in [4.78, 5) is 92.2. The van der Waals surface area contributed by atoms with E-state index in [9.17, 15) is 28.8 Å². The van der Waals surface area contributed by atoms with Crippen LogP contribution in [0.15, 0.2) is 82.8 Å². The highest BCUT2D eigenvalue weighted by atomic mass is 33.1. The average Bonchev–Trinajstić information content (AvgIpc) is 4.13. The number of amides is 8. The number of anilines is 2. The lowest BCUT2D eigenvalue weighted by Gasteiger charge is -2.16. The molecule has 8 amide bonds. The number of aromatic nitrogens is 2. The van der Waals surface area contributed by atoms with Crippen LogP contribution in [0.2, 0.25) is 0 Å². The Morgan fingerprint density at radius 2 is 1.03 bits per heavy atom. The molecule has 8 N–H and O–H groups in total. The van der Waals surface area contributed by atoms with Crippen LogP contribution in [0.1, 0.15) is 64.2 Å². The van der Waals surface area contributed by atoms with Gasteiger partial charge in [-0.2, -0.15) is 23.5 Å². The maximum Gasteiger partial charge on any atom is 0.315 e. The van der Waals surface area contributed by atoms with Crippen LogP contribution in [-0.2, 0) is 19.2 Å². The summed E-state index contributed by atoms with van der Waals surface area (Å²) in [5.41, 5.74) is 5.18. The third kappa shape index (κ3) is 12.7. The van der Waals surface area contributed by atoms with Crippen molar-refractivity contribution in [3.05, 3.63) is 83.5 Å². The number of carbonyl (C=O) groups is 6. The molecule has 10 rings (SSSR count). The smallest absolute Gasteiger partial charge is 0.315 e. The Balaban J connectivity index is 0.643. The first-order valence-electron chi connectivity index (χ1n) is 24.2. The molecule has 374 valence electrons. The summed E-state index contributed by atoms with van der Waals surface area (Å²) in [5, 5.41) is 20.0. The summed E-state index contributed by atoms with van der Waals surface area (Å²) < 4.78 is 1.92. The lowest BCUT2D eigenvalue weighted by molar-refractivity contribution is -0.330. The number of aromatic amines is 2. The van der Waals surface area contributed by atoms with E-state index in [1.165, 1.54) is 21.6 Å². The summed E-state index contributed by atoms with van der Waals surface area (Å²) in [6.07, 6.45) is 6.73. The largest absolute Gasteiger partial charge is 0.332 e. The van der Waals surface area contributed by atoms with Crippen molar-refractivity contribution >= 4 is 135 Å². The molecule has 0 saturated carbocycles. The molecule has 2 aliphatic carbocycles. The van der Waals surface area contributed by atoms with E-state index in [0.717, 1.165) is 103 Å².